The van der Waals surface area contributed by atoms with Gasteiger partial charge in [-0.05, 0) is 12.1 Å². The lowest BCUT2D eigenvalue weighted by Gasteiger charge is -2.15. The van der Waals surface area contributed by atoms with Crippen LogP contribution in [0.5, 0.6) is 28.9 Å². The maximum atomic E-state index is 5.99. The summed E-state index contributed by atoms with van der Waals surface area (Å²) in [6, 6.07) is 11.2. The molecule has 8 heteroatoms. The summed E-state index contributed by atoms with van der Waals surface area (Å²) < 4.78 is 22.1. The van der Waals surface area contributed by atoms with E-state index in [2.05, 4.69) is 20.3 Å². The van der Waals surface area contributed by atoms with Gasteiger partial charge in [-0.1, -0.05) is 12.1 Å². The first-order valence-electron chi connectivity index (χ1n) is 9.11. The van der Waals surface area contributed by atoms with Crippen LogP contribution in [0.2, 0.25) is 0 Å². The number of pyridine rings is 1. The van der Waals surface area contributed by atoms with Crippen molar-refractivity contribution in [1.82, 2.24) is 15.0 Å². The van der Waals surface area contributed by atoms with Gasteiger partial charge in [0.1, 0.15) is 5.75 Å². The highest BCUT2D eigenvalue weighted by Gasteiger charge is 2.14. The summed E-state index contributed by atoms with van der Waals surface area (Å²) in [4.78, 5) is 12.9. The van der Waals surface area contributed by atoms with Gasteiger partial charge < -0.3 is 24.3 Å². The van der Waals surface area contributed by atoms with Gasteiger partial charge in [0.05, 0.1) is 33.7 Å². The molecule has 152 valence electrons. The van der Waals surface area contributed by atoms with Gasteiger partial charge >= 0.3 is 0 Å². The zero-order valence-corrected chi connectivity index (χ0v) is 16.7. The summed E-state index contributed by atoms with van der Waals surface area (Å²) in [6.45, 7) is 0. The van der Waals surface area contributed by atoms with E-state index in [4.69, 9.17) is 18.9 Å². The largest absolute Gasteiger partial charge is 0.493 e. The van der Waals surface area contributed by atoms with Gasteiger partial charge in [0, 0.05) is 41.0 Å². The van der Waals surface area contributed by atoms with E-state index >= 15 is 0 Å². The van der Waals surface area contributed by atoms with Crippen LogP contribution in [0.25, 0.3) is 10.8 Å². The highest BCUT2D eigenvalue weighted by molar-refractivity contribution is 5.87. The molecule has 1 N–H and O–H groups in total. The minimum atomic E-state index is 0.358. The molecule has 4 aromatic rings. The Morgan fingerprint density at radius 3 is 2.33 bits per heavy atom. The van der Waals surface area contributed by atoms with Gasteiger partial charge in [-0.3, -0.25) is 9.97 Å². The number of nitrogens with zero attached hydrogens (tertiary/aromatic N) is 3. The number of nitrogens with one attached hydrogen (secondary N) is 1. The molecule has 2 heterocycles. The van der Waals surface area contributed by atoms with E-state index in [-0.39, 0.29) is 0 Å². The quantitative estimate of drug-likeness (QED) is 0.479. The SMILES string of the molecule is COc1cc(Nc2cncc(Oc3cccc4cnccc34)n2)cc(OC)c1OC. The van der Waals surface area contributed by atoms with Crippen LogP contribution in [0.1, 0.15) is 0 Å². The number of rotatable bonds is 7. The highest BCUT2D eigenvalue weighted by atomic mass is 16.5. The molecule has 30 heavy (non-hydrogen) atoms. The third-order valence-electron chi connectivity index (χ3n) is 4.40. The molecule has 0 fully saturated rings. The minimum absolute atomic E-state index is 0.358. The molecule has 0 saturated heterocycles. The summed E-state index contributed by atoms with van der Waals surface area (Å²) in [5.41, 5.74) is 0.701. The summed E-state index contributed by atoms with van der Waals surface area (Å²) >= 11 is 0. The summed E-state index contributed by atoms with van der Waals surface area (Å²) in [5.74, 6) is 3.11. The van der Waals surface area contributed by atoms with E-state index in [9.17, 15) is 0 Å². The van der Waals surface area contributed by atoms with Crippen molar-refractivity contribution < 1.29 is 18.9 Å². The van der Waals surface area contributed by atoms with Crippen molar-refractivity contribution in [2.75, 3.05) is 26.6 Å². The van der Waals surface area contributed by atoms with Crippen LogP contribution in [-0.2, 0) is 0 Å². The number of anilines is 2. The van der Waals surface area contributed by atoms with E-state index in [1.54, 1.807) is 58.2 Å². The number of benzene rings is 2. The molecule has 0 saturated carbocycles. The highest BCUT2D eigenvalue weighted by Crippen LogP contribution is 2.40. The summed E-state index contributed by atoms with van der Waals surface area (Å²) in [5, 5.41) is 5.11. The Morgan fingerprint density at radius 1 is 0.800 bits per heavy atom. The van der Waals surface area contributed by atoms with E-state index in [0.29, 0.717) is 40.4 Å². The van der Waals surface area contributed by atoms with Crippen molar-refractivity contribution in [2.45, 2.75) is 0 Å². The van der Waals surface area contributed by atoms with Crippen LogP contribution in [0, 0.1) is 0 Å². The number of hydrogen-bond donors (Lipinski definition) is 1. The van der Waals surface area contributed by atoms with Gasteiger partial charge in [-0.15, -0.1) is 0 Å². The maximum absolute atomic E-state index is 5.99. The fourth-order valence-corrected chi connectivity index (χ4v) is 3.05. The second kappa shape index (κ2) is 8.52. The molecule has 4 rings (SSSR count). The fraction of sp³-hybridized carbons (Fsp3) is 0.136. The van der Waals surface area contributed by atoms with Crippen molar-refractivity contribution in [3.63, 3.8) is 0 Å². The molecule has 0 aliphatic carbocycles. The molecule has 0 aliphatic rings. The molecule has 2 aromatic heterocycles. The van der Waals surface area contributed by atoms with Crippen molar-refractivity contribution in [2.24, 2.45) is 0 Å². The predicted molar refractivity (Wildman–Crippen MR) is 113 cm³/mol. The first-order chi connectivity index (χ1) is 14.7. The standard InChI is InChI=1S/C22H20N4O4/c1-27-18-9-15(10-19(28-2)22(18)29-3)25-20-12-24-13-21(26-20)30-17-6-4-5-14-11-23-8-7-16(14)17/h4-13H,1-3H3,(H,25,26). The third-order valence-corrected chi connectivity index (χ3v) is 4.40. The monoisotopic (exact) mass is 404 g/mol. The Morgan fingerprint density at radius 2 is 1.60 bits per heavy atom. The van der Waals surface area contributed by atoms with Crippen molar-refractivity contribution in [3.8, 4) is 28.9 Å². The minimum Gasteiger partial charge on any atom is -0.493 e. The molecular weight excluding hydrogens is 384 g/mol. The fourth-order valence-electron chi connectivity index (χ4n) is 3.05. The van der Waals surface area contributed by atoms with Gasteiger partial charge in [-0.25, -0.2) is 0 Å². The van der Waals surface area contributed by atoms with Gasteiger partial charge in [0.15, 0.2) is 17.3 Å². The molecule has 0 spiro atoms. The second-order valence-electron chi connectivity index (χ2n) is 6.24. The molecule has 0 aliphatic heterocycles. The zero-order valence-electron chi connectivity index (χ0n) is 16.7. The first kappa shape index (κ1) is 19.3. The summed E-state index contributed by atoms with van der Waals surface area (Å²) in [6.07, 6.45) is 6.67. The first-order valence-corrected chi connectivity index (χ1v) is 9.11. The number of methoxy groups -OCH3 is 3. The number of fused-ring (bicyclic) bond motifs is 1. The molecule has 0 amide bonds. The number of hydrogen-bond acceptors (Lipinski definition) is 8. The van der Waals surface area contributed by atoms with E-state index in [0.717, 1.165) is 10.8 Å². The van der Waals surface area contributed by atoms with Crippen molar-refractivity contribution >= 4 is 22.3 Å². The average Bonchev–Trinajstić information content (AvgIpc) is 2.79. The lowest BCUT2D eigenvalue weighted by atomic mass is 10.1. The van der Waals surface area contributed by atoms with Crippen molar-refractivity contribution in [1.29, 1.82) is 0 Å². The molecule has 0 radical (unpaired) electrons. The average molecular weight is 404 g/mol. The van der Waals surface area contributed by atoms with Gasteiger partial charge in [0.25, 0.3) is 0 Å². The van der Waals surface area contributed by atoms with Crippen LogP contribution in [0.15, 0.2) is 61.2 Å². The second-order valence-corrected chi connectivity index (χ2v) is 6.24. The van der Waals surface area contributed by atoms with Crippen LogP contribution >= 0.6 is 0 Å². The lowest BCUT2D eigenvalue weighted by molar-refractivity contribution is 0.324. The third kappa shape index (κ3) is 3.88. The Kier molecular flexibility index (Phi) is 5.47. The van der Waals surface area contributed by atoms with Crippen LogP contribution in [-0.4, -0.2) is 36.3 Å². The molecule has 0 bridgehead atoms. The number of ether oxygens (including phenoxy) is 4. The van der Waals surface area contributed by atoms with Crippen LogP contribution < -0.4 is 24.3 Å². The van der Waals surface area contributed by atoms with Crippen LogP contribution in [0.4, 0.5) is 11.5 Å². The topological polar surface area (TPSA) is 87.6 Å². The number of aromatic nitrogens is 3. The Labute approximate surface area is 173 Å². The Balaban J connectivity index is 1.61. The molecule has 0 unspecified atom stereocenters. The Hall–Kier alpha value is -4.07. The normalized spacial score (nSPS) is 10.5. The van der Waals surface area contributed by atoms with Crippen molar-refractivity contribution in [3.05, 3.63) is 61.2 Å². The molecule has 8 nitrogen and oxygen atoms in total. The van der Waals surface area contributed by atoms with Crippen LogP contribution in [0.3, 0.4) is 0 Å². The molecular formula is C22H20N4O4. The predicted octanol–water partition coefficient (Wildman–Crippen LogP) is 4.59. The Bertz CT molecular complexity index is 1150. The lowest BCUT2D eigenvalue weighted by Crippen LogP contribution is -2.00. The smallest absolute Gasteiger partial charge is 0.239 e. The summed E-state index contributed by atoms with van der Waals surface area (Å²) in [7, 11) is 4.69. The zero-order chi connectivity index (χ0) is 20.9. The maximum Gasteiger partial charge on any atom is 0.239 e. The van der Waals surface area contributed by atoms with Gasteiger partial charge in [-0.2, -0.15) is 4.98 Å². The van der Waals surface area contributed by atoms with E-state index < -0.39 is 0 Å². The molecule has 0 atom stereocenters. The van der Waals surface area contributed by atoms with Gasteiger partial charge in [0.2, 0.25) is 11.6 Å². The van der Waals surface area contributed by atoms with E-state index in [1.807, 2.05) is 24.3 Å². The van der Waals surface area contributed by atoms with E-state index in [1.165, 1.54) is 0 Å². The molecule has 2 aromatic carbocycles.